The normalized spacial score (nSPS) is 11.3. The van der Waals surface area contributed by atoms with Crippen molar-refractivity contribution in [2.24, 2.45) is 0 Å². The third-order valence-electron chi connectivity index (χ3n) is 6.35. The minimum absolute atomic E-state index is 0.128. The molecule has 0 fully saturated rings. The van der Waals surface area contributed by atoms with Gasteiger partial charge in [0.25, 0.3) is 5.56 Å². The van der Waals surface area contributed by atoms with E-state index in [1.165, 1.54) is 17.3 Å². The number of hydrogen-bond acceptors (Lipinski definition) is 4. The van der Waals surface area contributed by atoms with Gasteiger partial charge in [0.2, 0.25) is 5.91 Å². The SMILES string of the molecule is CCCCc1ccc(NC(=O)CSc2nc3c([nH]c4ccccc43)c(=O)n2-c2cc(C)cc(C)c2)cc1. The molecular formula is C30H30N4O2S. The topological polar surface area (TPSA) is 79.8 Å². The van der Waals surface area contributed by atoms with Crippen LogP contribution in [0.3, 0.4) is 0 Å². The second-order valence-corrected chi connectivity index (χ2v) is 10.4. The number of carbonyl (C=O) groups excluding carboxylic acids is 1. The number of benzene rings is 3. The number of rotatable bonds is 8. The van der Waals surface area contributed by atoms with E-state index >= 15 is 0 Å². The number of nitrogens with zero attached hydrogens (tertiary/aromatic N) is 2. The number of para-hydroxylation sites is 1. The van der Waals surface area contributed by atoms with Crippen molar-refractivity contribution in [2.75, 3.05) is 11.1 Å². The number of nitrogens with one attached hydrogen (secondary N) is 2. The summed E-state index contributed by atoms with van der Waals surface area (Å²) in [6, 6.07) is 21.7. The molecule has 7 heteroatoms. The second-order valence-electron chi connectivity index (χ2n) is 9.41. The molecule has 0 spiro atoms. The van der Waals surface area contributed by atoms with Gasteiger partial charge in [-0.3, -0.25) is 14.2 Å². The number of H-pyrrole nitrogens is 1. The molecule has 2 aromatic heterocycles. The Morgan fingerprint density at radius 2 is 1.76 bits per heavy atom. The maximum atomic E-state index is 13.8. The number of carbonyl (C=O) groups is 1. The van der Waals surface area contributed by atoms with Crippen molar-refractivity contribution in [3.8, 4) is 5.69 Å². The first-order valence-electron chi connectivity index (χ1n) is 12.6. The van der Waals surface area contributed by atoms with Gasteiger partial charge in [0, 0.05) is 16.6 Å². The van der Waals surface area contributed by atoms with Gasteiger partial charge in [-0.1, -0.05) is 61.5 Å². The average Bonchev–Trinajstić information content (AvgIpc) is 3.25. The predicted octanol–water partition coefficient (Wildman–Crippen LogP) is 6.56. The zero-order chi connectivity index (χ0) is 25.9. The van der Waals surface area contributed by atoms with Crippen molar-refractivity contribution in [3.05, 3.63) is 93.8 Å². The van der Waals surface area contributed by atoms with E-state index in [9.17, 15) is 9.59 Å². The third kappa shape index (κ3) is 5.32. The molecule has 5 aromatic rings. The molecule has 0 aliphatic heterocycles. The summed E-state index contributed by atoms with van der Waals surface area (Å²) < 4.78 is 1.61. The molecule has 0 atom stereocenters. The number of amides is 1. The van der Waals surface area contributed by atoms with Gasteiger partial charge in [0.15, 0.2) is 5.16 Å². The highest BCUT2D eigenvalue weighted by molar-refractivity contribution is 7.99. The van der Waals surface area contributed by atoms with E-state index in [0.717, 1.165) is 52.7 Å². The third-order valence-corrected chi connectivity index (χ3v) is 7.29. The largest absolute Gasteiger partial charge is 0.349 e. The van der Waals surface area contributed by atoms with Crippen LogP contribution in [-0.4, -0.2) is 26.2 Å². The summed E-state index contributed by atoms with van der Waals surface area (Å²) in [4.78, 5) is 34.8. The van der Waals surface area contributed by atoms with Crippen molar-refractivity contribution in [1.29, 1.82) is 0 Å². The van der Waals surface area contributed by atoms with Crippen LogP contribution in [0.15, 0.2) is 76.7 Å². The van der Waals surface area contributed by atoms with E-state index in [2.05, 4.69) is 35.4 Å². The highest BCUT2D eigenvalue weighted by atomic mass is 32.2. The lowest BCUT2D eigenvalue weighted by Gasteiger charge is -2.14. The highest BCUT2D eigenvalue weighted by Gasteiger charge is 2.18. The van der Waals surface area contributed by atoms with E-state index in [-0.39, 0.29) is 17.2 Å². The summed E-state index contributed by atoms with van der Waals surface area (Å²) in [7, 11) is 0. The lowest BCUT2D eigenvalue weighted by atomic mass is 10.1. The van der Waals surface area contributed by atoms with Crippen molar-refractivity contribution in [1.82, 2.24) is 14.5 Å². The average molecular weight is 511 g/mol. The Morgan fingerprint density at radius 3 is 2.49 bits per heavy atom. The van der Waals surface area contributed by atoms with Gasteiger partial charge >= 0.3 is 0 Å². The number of aromatic nitrogens is 3. The molecule has 0 radical (unpaired) electrons. The van der Waals surface area contributed by atoms with Crippen LogP contribution in [-0.2, 0) is 11.2 Å². The molecule has 0 saturated carbocycles. The lowest BCUT2D eigenvalue weighted by molar-refractivity contribution is -0.113. The molecule has 0 saturated heterocycles. The van der Waals surface area contributed by atoms with Gasteiger partial charge in [0.05, 0.1) is 11.4 Å². The van der Waals surface area contributed by atoms with Gasteiger partial charge in [-0.05, 0) is 73.7 Å². The first kappa shape index (κ1) is 24.8. The number of anilines is 1. The number of aryl methyl sites for hydroxylation is 3. The lowest BCUT2D eigenvalue weighted by Crippen LogP contribution is -2.23. The molecule has 6 nitrogen and oxygen atoms in total. The standard InChI is InChI=1S/C30H30N4O2S/c1-4-5-8-21-11-13-22(14-12-21)31-26(35)18-37-30-33-27-24-9-6-7-10-25(24)32-28(27)29(36)34(30)23-16-19(2)15-20(3)17-23/h6-7,9-17,32H,4-5,8,18H2,1-3H3,(H,31,35). The molecule has 2 N–H and O–H groups in total. The van der Waals surface area contributed by atoms with E-state index in [1.54, 1.807) is 4.57 Å². The van der Waals surface area contributed by atoms with E-state index in [4.69, 9.17) is 4.98 Å². The van der Waals surface area contributed by atoms with Gasteiger partial charge in [0.1, 0.15) is 11.0 Å². The maximum absolute atomic E-state index is 13.8. The van der Waals surface area contributed by atoms with E-state index < -0.39 is 0 Å². The van der Waals surface area contributed by atoms with Crippen LogP contribution in [0.1, 0.15) is 36.5 Å². The quantitative estimate of drug-likeness (QED) is 0.183. The fourth-order valence-corrected chi connectivity index (χ4v) is 5.42. The van der Waals surface area contributed by atoms with Crippen molar-refractivity contribution < 1.29 is 4.79 Å². The number of fused-ring (bicyclic) bond motifs is 3. The van der Waals surface area contributed by atoms with Gasteiger partial charge in [-0.15, -0.1) is 0 Å². The van der Waals surface area contributed by atoms with Gasteiger partial charge in [-0.25, -0.2) is 4.98 Å². The van der Waals surface area contributed by atoms with Crippen LogP contribution < -0.4 is 10.9 Å². The molecule has 0 aliphatic carbocycles. The summed E-state index contributed by atoms with van der Waals surface area (Å²) in [5.41, 5.74) is 6.61. The molecule has 0 aliphatic rings. The number of unbranched alkanes of at least 4 members (excludes halogenated alkanes) is 1. The zero-order valence-corrected chi connectivity index (χ0v) is 22.1. The smallest absolute Gasteiger partial charge is 0.283 e. The van der Waals surface area contributed by atoms with E-state index in [0.29, 0.717) is 16.2 Å². The first-order chi connectivity index (χ1) is 17.9. The number of thioether (sulfide) groups is 1. The fourth-order valence-electron chi connectivity index (χ4n) is 4.61. The Kier molecular flexibility index (Phi) is 7.15. The fraction of sp³-hybridized carbons (Fsp3) is 0.233. The molecule has 37 heavy (non-hydrogen) atoms. The molecular weight excluding hydrogens is 480 g/mol. The van der Waals surface area contributed by atoms with Gasteiger partial charge < -0.3 is 10.3 Å². The molecule has 0 bridgehead atoms. The Hall–Kier alpha value is -3.84. The summed E-state index contributed by atoms with van der Waals surface area (Å²) in [6.45, 7) is 6.19. The summed E-state index contributed by atoms with van der Waals surface area (Å²) in [6.07, 6.45) is 3.35. The molecule has 5 rings (SSSR count). The van der Waals surface area contributed by atoms with Crippen LogP contribution in [0.2, 0.25) is 0 Å². The van der Waals surface area contributed by atoms with Crippen LogP contribution in [0.25, 0.3) is 27.6 Å². The molecule has 1 amide bonds. The van der Waals surface area contributed by atoms with Crippen LogP contribution in [0.4, 0.5) is 5.69 Å². The second kappa shape index (κ2) is 10.6. The van der Waals surface area contributed by atoms with E-state index in [1.807, 2.05) is 62.4 Å². The molecule has 0 unspecified atom stereocenters. The van der Waals surface area contributed by atoms with Gasteiger partial charge in [-0.2, -0.15) is 0 Å². The summed E-state index contributed by atoms with van der Waals surface area (Å²) in [5.74, 6) is -0.0190. The Bertz CT molecular complexity index is 1630. The number of hydrogen-bond donors (Lipinski definition) is 2. The van der Waals surface area contributed by atoms with Crippen LogP contribution >= 0.6 is 11.8 Å². The van der Waals surface area contributed by atoms with Crippen LogP contribution in [0.5, 0.6) is 0 Å². The predicted molar refractivity (Wildman–Crippen MR) is 153 cm³/mol. The van der Waals surface area contributed by atoms with Crippen molar-refractivity contribution >= 4 is 45.3 Å². The molecule has 2 heterocycles. The Balaban J connectivity index is 1.47. The van der Waals surface area contributed by atoms with Crippen LogP contribution in [0, 0.1) is 13.8 Å². The Morgan fingerprint density at radius 1 is 1.03 bits per heavy atom. The maximum Gasteiger partial charge on any atom is 0.283 e. The number of aromatic amines is 1. The minimum atomic E-state index is -0.184. The first-order valence-corrected chi connectivity index (χ1v) is 13.5. The summed E-state index contributed by atoms with van der Waals surface area (Å²) in [5, 5.41) is 4.34. The molecule has 3 aromatic carbocycles. The molecule has 188 valence electrons. The monoisotopic (exact) mass is 510 g/mol. The van der Waals surface area contributed by atoms with Crippen molar-refractivity contribution in [2.45, 2.75) is 45.2 Å². The van der Waals surface area contributed by atoms with Crippen molar-refractivity contribution in [3.63, 3.8) is 0 Å². The Labute approximate surface area is 220 Å². The zero-order valence-electron chi connectivity index (χ0n) is 21.3. The highest BCUT2D eigenvalue weighted by Crippen LogP contribution is 2.27. The minimum Gasteiger partial charge on any atom is -0.349 e. The summed E-state index contributed by atoms with van der Waals surface area (Å²) >= 11 is 1.26.